The molecular formula is C11H15FO4. The van der Waals surface area contributed by atoms with Gasteiger partial charge in [-0.15, -0.1) is 0 Å². The monoisotopic (exact) mass is 230 g/mol. The molecule has 0 heterocycles. The van der Waals surface area contributed by atoms with Crippen LogP contribution in [0.4, 0.5) is 4.39 Å². The number of halogens is 1. The van der Waals surface area contributed by atoms with E-state index < -0.39 is 11.9 Å². The summed E-state index contributed by atoms with van der Waals surface area (Å²) in [5.41, 5.74) is 0.486. The Bertz CT molecular complexity index is 330. The van der Waals surface area contributed by atoms with Crippen LogP contribution in [0.3, 0.4) is 0 Å². The van der Waals surface area contributed by atoms with Crippen LogP contribution in [0.25, 0.3) is 0 Å². The number of rotatable bonds is 6. The van der Waals surface area contributed by atoms with Crippen molar-refractivity contribution in [1.29, 1.82) is 0 Å². The minimum absolute atomic E-state index is 0.151. The van der Waals surface area contributed by atoms with Crippen molar-refractivity contribution < 1.29 is 24.4 Å². The van der Waals surface area contributed by atoms with E-state index in [9.17, 15) is 4.39 Å². The predicted octanol–water partition coefficient (Wildman–Crippen LogP) is 0.440. The van der Waals surface area contributed by atoms with E-state index in [2.05, 4.69) is 0 Å². The van der Waals surface area contributed by atoms with E-state index >= 15 is 0 Å². The van der Waals surface area contributed by atoms with Crippen molar-refractivity contribution in [3.63, 3.8) is 0 Å². The summed E-state index contributed by atoms with van der Waals surface area (Å²) in [7, 11) is 0. The Kier molecular flexibility index (Phi) is 5.18. The Balaban J connectivity index is 2.55. The van der Waals surface area contributed by atoms with E-state index in [0.29, 0.717) is 5.56 Å². The maximum absolute atomic E-state index is 12.9. The minimum Gasteiger partial charge on any atom is -0.493 e. The lowest BCUT2D eigenvalue weighted by Gasteiger charge is -2.11. The van der Waals surface area contributed by atoms with Gasteiger partial charge in [-0.25, -0.2) is 4.39 Å². The number of hydrogen-bond acceptors (Lipinski definition) is 4. The van der Waals surface area contributed by atoms with Gasteiger partial charge in [-0.2, -0.15) is 0 Å². The highest BCUT2D eigenvalue weighted by Gasteiger charge is 2.06. The fraction of sp³-hybridized carbons (Fsp3) is 0.455. The van der Waals surface area contributed by atoms with Crippen LogP contribution < -0.4 is 4.74 Å². The highest BCUT2D eigenvalue weighted by Crippen LogP contribution is 2.20. The summed E-state index contributed by atoms with van der Waals surface area (Å²) in [4.78, 5) is 0. The topological polar surface area (TPSA) is 69.9 Å². The number of hydrogen-bond donors (Lipinski definition) is 3. The molecule has 1 atom stereocenters. The summed E-state index contributed by atoms with van der Waals surface area (Å²) in [5.74, 6) is -0.192. The Morgan fingerprint density at radius 2 is 2.06 bits per heavy atom. The molecule has 4 nitrogen and oxygen atoms in total. The van der Waals surface area contributed by atoms with Crippen LogP contribution in [-0.4, -0.2) is 34.6 Å². The summed E-state index contributed by atoms with van der Waals surface area (Å²) in [6.07, 6.45) is -0.594. The first-order valence-electron chi connectivity index (χ1n) is 4.98. The first kappa shape index (κ1) is 12.9. The van der Waals surface area contributed by atoms with Crippen LogP contribution in [0.5, 0.6) is 5.75 Å². The lowest BCUT2D eigenvalue weighted by atomic mass is 10.2. The molecule has 0 bridgehead atoms. The zero-order valence-electron chi connectivity index (χ0n) is 8.77. The summed E-state index contributed by atoms with van der Waals surface area (Å²) in [6, 6.07) is 3.85. The van der Waals surface area contributed by atoms with Gasteiger partial charge in [0, 0.05) is 18.1 Å². The number of aliphatic hydroxyl groups excluding tert-OH is 3. The average molecular weight is 230 g/mol. The largest absolute Gasteiger partial charge is 0.493 e. The average Bonchev–Trinajstić information content (AvgIpc) is 2.29. The van der Waals surface area contributed by atoms with Crippen LogP contribution in [0, 0.1) is 5.82 Å². The van der Waals surface area contributed by atoms with E-state index in [1.165, 1.54) is 18.2 Å². The van der Waals surface area contributed by atoms with Gasteiger partial charge in [-0.05, 0) is 6.07 Å². The van der Waals surface area contributed by atoms with Gasteiger partial charge in [0.05, 0.1) is 25.9 Å². The molecule has 0 aliphatic heterocycles. The van der Waals surface area contributed by atoms with Crippen molar-refractivity contribution in [3.8, 4) is 5.75 Å². The standard InChI is InChI=1S/C11H15FO4/c12-9-2-1-8(6-13)11(5-9)16-4-3-10(15)7-14/h1-2,5,10,13-15H,3-4,6-7H2. The van der Waals surface area contributed by atoms with Gasteiger partial charge in [-0.1, -0.05) is 6.07 Å². The summed E-state index contributed by atoms with van der Waals surface area (Å²) < 4.78 is 18.1. The molecule has 5 heteroatoms. The van der Waals surface area contributed by atoms with Gasteiger partial charge in [-0.3, -0.25) is 0 Å². The lowest BCUT2D eigenvalue weighted by molar-refractivity contribution is 0.0750. The van der Waals surface area contributed by atoms with E-state index in [-0.39, 0.29) is 32.0 Å². The molecule has 1 rings (SSSR count). The highest BCUT2D eigenvalue weighted by atomic mass is 19.1. The van der Waals surface area contributed by atoms with Crippen molar-refractivity contribution >= 4 is 0 Å². The third kappa shape index (κ3) is 3.77. The van der Waals surface area contributed by atoms with E-state index in [4.69, 9.17) is 20.1 Å². The molecule has 16 heavy (non-hydrogen) atoms. The SMILES string of the molecule is OCc1ccc(F)cc1OCCC(O)CO. The van der Waals surface area contributed by atoms with Crippen LogP contribution in [0.15, 0.2) is 18.2 Å². The fourth-order valence-corrected chi connectivity index (χ4v) is 1.19. The van der Waals surface area contributed by atoms with Gasteiger partial charge in [0.1, 0.15) is 11.6 Å². The highest BCUT2D eigenvalue weighted by molar-refractivity contribution is 5.33. The molecule has 90 valence electrons. The summed E-state index contributed by atoms with van der Waals surface area (Å²) in [6.45, 7) is -0.421. The van der Waals surface area contributed by atoms with Crippen LogP contribution >= 0.6 is 0 Å². The number of ether oxygens (including phenoxy) is 1. The molecular weight excluding hydrogens is 215 g/mol. The molecule has 0 aliphatic carbocycles. The zero-order chi connectivity index (χ0) is 12.0. The summed E-state index contributed by atoms with van der Waals surface area (Å²) in [5, 5.41) is 26.6. The molecule has 0 aromatic heterocycles. The Morgan fingerprint density at radius 3 is 2.69 bits per heavy atom. The second-order valence-corrected chi connectivity index (χ2v) is 3.38. The smallest absolute Gasteiger partial charge is 0.127 e. The molecule has 3 N–H and O–H groups in total. The molecule has 0 spiro atoms. The van der Waals surface area contributed by atoms with Crippen molar-refractivity contribution in [2.75, 3.05) is 13.2 Å². The second kappa shape index (κ2) is 6.42. The van der Waals surface area contributed by atoms with Crippen molar-refractivity contribution in [3.05, 3.63) is 29.6 Å². The zero-order valence-corrected chi connectivity index (χ0v) is 8.77. The van der Waals surface area contributed by atoms with E-state index in [0.717, 1.165) is 0 Å². The quantitative estimate of drug-likeness (QED) is 0.663. The molecule has 1 aromatic carbocycles. The molecule has 1 unspecified atom stereocenters. The van der Waals surface area contributed by atoms with Gasteiger partial charge in [0.25, 0.3) is 0 Å². The maximum atomic E-state index is 12.9. The molecule has 0 fully saturated rings. The van der Waals surface area contributed by atoms with Crippen molar-refractivity contribution in [1.82, 2.24) is 0 Å². The molecule has 0 saturated heterocycles. The normalized spacial score (nSPS) is 12.5. The van der Waals surface area contributed by atoms with Crippen LogP contribution in [0.2, 0.25) is 0 Å². The fourth-order valence-electron chi connectivity index (χ4n) is 1.19. The van der Waals surface area contributed by atoms with Crippen LogP contribution in [-0.2, 0) is 6.61 Å². The molecule has 1 aromatic rings. The first-order valence-corrected chi connectivity index (χ1v) is 4.98. The molecule has 0 saturated carbocycles. The third-order valence-electron chi connectivity index (χ3n) is 2.12. The van der Waals surface area contributed by atoms with Gasteiger partial charge in [0.15, 0.2) is 0 Å². The first-order chi connectivity index (χ1) is 7.67. The van der Waals surface area contributed by atoms with Gasteiger partial charge < -0.3 is 20.1 Å². The Hall–Kier alpha value is -1.17. The second-order valence-electron chi connectivity index (χ2n) is 3.38. The molecule has 0 radical (unpaired) electrons. The van der Waals surface area contributed by atoms with E-state index in [1.807, 2.05) is 0 Å². The maximum Gasteiger partial charge on any atom is 0.127 e. The molecule has 0 aliphatic rings. The van der Waals surface area contributed by atoms with Gasteiger partial charge in [0.2, 0.25) is 0 Å². The molecule has 0 amide bonds. The number of aliphatic hydroxyl groups is 3. The van der Waals surface area contributed by atoms with Crippen molar-refractivity contribution in [2.45, 2.75) is 19.1 Å². The minimum atomic E-state index is -0.842. The Morgan fingerprint density at radius 1 is 1.31 bits per heavy atom. The third-order valence-corrected chi connectivity index (χ3v) is 2.12. The van der Waals surface area contributed by atoms with E-state index in [1.54, 1.807) is 0 Å². The van der Waals surface area contributed by atoms with Crippen LogP contribution in [0.1, 0.15) is 12.0 Å². The Labute approximate surface area is 92.9 Å². The lowest BCUT2D eigenvalue weighted by Crippen LogP contribution is -2.16. The van der Waals surface area contributed by atoms with Crippen molar-refractivity contribution in [2.24, 2.45) is 0 Å². The van der Waals surface area contributed by atoms with Gasteiger partial charge >= 0.3 is 0 Å². The number of benzene rings is 1. The summed E-state index contributed by atoms with van der Waals surface area (Å²) >= 11 is 0. The predicted molar refractivity (Wildman–Crippen MR) is 55.5 cm³/mol.